The molecule has 11 heteroatoms. The van der Waals surface area contributed by atoms with Crippen LogP contribution in [0.1, 0.15) is 24.0 Å². The molecule has 0 fully saturated rings. The molecular weight excluding hydrogens is 480 g/mol. The Morgan fingerprint density at radius 1 is 1.24 bits per heavy atom. The van der Waals surface area contributed by atoms with Crippen LogP contribution in [0.2, 0.25) is 5.02 Å². The highest BCUT2D eigenvalue weighted by Crippen LogP contribution is 2.39. The Balaban J connectivity index is 1.34. The highest BCUT2D eigenvalue weighted by Gasteiger charge is 2.21. The van der Waals surface area contributed by atoms with E-state index in [0.717, 1.165) is 27.5 Å². The molecular formula is C22H19ClN6O2S2. The fraction of sp³-hybridized carbons (Fsp3) is 0.227. The second-order valence-electron chi connectivity index (χ2n) is 7.36. The summed E-state index contributed by atoms with van der Waals surface area (Å²) in [5.74, 6) is 1.15. The lowest BCUT2D eigenvalue weighted by Crippen LogP contribution is -2.11. The van der Waals surface area contributed by atoms with Crippen LogP contribution in [0.3, 0.4) is 0 Å². The molecule has 3 N–H and O–H groups in total. The Morgan fingerprint density at radius 2 is 2.12 bits per heavy atom. The zero-order valence-corrected chi connectivity index (χ0v) is 19.8. The predicted molar refractivity (Wildman–Crippen MR) is 131 cm³/mol. The Morgan fingerprint density at radius 3 is 2.97 bits per heavy atom. The van der Waals surface area contributed by atoms with E-state index in [9.17, 15) is 4.79 Å². The lowest BCUT2D eigenvalue weighted by atomic mass is 9.94. The Hall–Kier alpha value is -2.79. The van der Waals surface area contributed by atoms with Crippen LogP contribution in [0.25, 0.3) is 22.2 Å². The number of nitrogens with one attached hydrogen (secondary N) is 1. The van der Waals surface area contributed by atoms with Gasteiger partial charge in [0.2, 0.25) is 11.9 Å². The molecule has 1 amide bonds. The van der Waals surface area contributed by atoms with Crippen LogP contribution in [0, 0.1) is 0 Å². The van der Waals surface area contributed by atoms with E-state index < -0.39 is 0 Å². The zero-order valence-electron chi connectivity index (χ0n) is 17.4. The molecule has 0 aliphatic carbocycles. The predicted octanol–water partition coefficient (Wildman–Crippen LogP) is 4.93. The van der Waals surface area contributed by atoms with Crippen molar-refractivity contribution in [1.82, 2.24) is 19.9 Å². The number of benzene rings is 2. The smallest absolute Gasteiger partial charge is 0.226 e. The van der Waals surface area contributed by atoms with Gasteiger partial charge in [-0.2, -0.15) is 9.97 Å². The normalized spacial score (nSPS) is 12.8. The molecule has 33 heavy (non-hydrogen) atoms. The van der Waals surface area contributed by atoms with Crippen LogP contribution >= 0.6 is 34.7 Å². The summed E-state index contributed by atoms with van der Waals surface area (Å²) in [4.78, 5) is 29.3. The molecule has 0 unspecified atom stereocenters. The first kappa shape index (κ1) is 22.0. The van der Waals surface area contributed by atoms with Crippen molar-refractivity contribution < 1.29 is 9.53 Å². The van der Waals surface area contributed by atoms with Crippen LogP contribution in [-0.4, -0.2) is 31.6 Å². The van der Waals surface area contributed by atoms with Gasteiger partial charge in [-0.1, -0.05) is 41.6 Å². The minimum absolute atomic E-state index is 0.0686. The molecule has 8 nitrogen and oxygen atoms in total. The van der Waals surface area contributed by atoms with E-state index in [2.05, 4.69) is 31.3 Å². The first-order chi connectivity index (χ1) is 16.1. The average Bonchev–Trinajstić information content (AvgIpc) is 3.30. The number of nitrogen functional groups attached to an aromatic ring is 1. The second-order valence-corrected chi connectivity index (χ2v) is 9.73. The fourth-order valence-electron chi connectivity index (χ4n) is 3.76. The summed E-state index contributed by atoms with van der Waals surface area (Å²) >= 11 is 9.49. The van der Waals surface area contributed by atoms with Crippen molar-refractivity contribution in [3.05, 3.63) is 52.0 Å². The SMILES string of the molecule is Nc1nc(SCCCC(=O)Nc2nccs2)nc(-c2c(Cl)cc3c4c(cccc24)COC3)n1. The third-order valence-electron chi connectivity index (χ3n) is 5.11. The molecule has 168 valence electrons. The number of nitrogens with two attached hydrogens (primary N) is 1. The van der Waals surface area contributed by atoms with Gasteiger partial charge in [0.05, 0.1) is 18.2 Å². The van der Waals surface area contributed by atoms with Crippen LogP contribution < -0.4 is 11.1 Å². The van der Waals surface area contributed by atoms with Gasteiger partial charge in [0.15, 0.2) is 16.1 Å². The number of carbonyl (C=O) groups excluding carboxylic acids is 1. The summed E-state index contributed by atoms with van der Waals surface area (Å²) in [7, 11) is 0. The van der Waals surface area contributed by atoms with E-state index in [-0.39, 0.29) is 11.9 Å². The van der Waals surface area contributed by atoms with Crippen LogP contribution in [0.5, 0.6) is 0 Å². The van der Waals surface area contributed by atoms with Crippen molar-refractivity contribution in [3.63, 3.8) is 0 Å². The van der Waals surface area contributed by atoms with Gasteiger partial charge in [-0.05, 0) is 34.4 Å². The van der Waals surface area contributed by atoms with Crippen LogP contribution in [0.4, 0.5) is 11.1 Å². The van der Waals surface area contributed by atoms with Crippen LogP contribution in [0.15, 0.2) is 41.0 Å². The van der Waals surface area contributed by atoms with Gasteiger partial charge in [-0.15, -0.1) is 11.3 Å². The van der Waals surface area contributed by atoms with Crippen molar-refractivity contribution in [3.8, 4) is 11.4 Å². The first-order valence-electron chi connectivity index (χ1n) is 10.2. The standard InChI is InChI=1S/C22H19ClN6O2S2/c23-15-9-13-11-31-10-12-3-1-4-14(17(12)13)18(15)19-27-20(24)29-22(28-19)32-7-2-5-16(30)26-21-25-6-8-33-21/h1,3-4,6,8-9H,2,5,7,10-11H2,(H,25,26,30)(H2,24,27,28,29). The molecule has 4 aromatic rings. The van der Waals surface area contributed by atoms with E-state index in [1.54, 1.807) is 6.20 Å². The summed E-state index contributed by atoms with van der Waals surface area (Å²) in [5.41, 5.74) is 8.90. The number of nitrogens with zero attached hydrogens (tertiary/aromatic N) is 4. The number of hydrogen-bond acceptors (Lipinski definition) is 9. The van der Waals surface area contributed by atoms with Gasteiger partial charge in [-0.3, -0.25) is 4.79 Å². The van der Waals surface area contributed by atoms with Gasteiger partial charge >= 0.3 is 0 Å². The quantitative estimate of drug-likeness (QED) is 0.272. The molecule has 2 aromatic carbocycles. The molecule has 0 spiro atoms. The Kier molecular flexibility index (Phi) is 6.41. The van der Waals surface area contributed by atoms with Gasteiger partial charge in [0.25, 0.3) is 0 Å². The van der Waals surface area contributed by atoms with Gasteiger partial charge in [-0.25, -0.2) is 9.97 Å². The molecule has 0 bridgehead atoms. The van der Waals surface area contributed by atoms with Crippen LogP contribution in [-0.2, 0) is 22.7 Å². The topological polar surface area (TPSA) is 116 Å². The summed E-state index contributed by atoms with van der Waals surface area (Å²) in [6.45, 7) is 1.08. The highest BCUT2D eigenvalue weighted by molar-refractivity contribution is 7.99. The minimum Gasteiger partial charge on any atom is -0.372 e. The lowest BCUT2D eigenvalue weighted by Gasteiger charge is -2.20. The number of rotatable bonds is 7. The molecule has 0 saturated heterocycles. The Labute approximate surface area is 203 Å². The van der Waals surface area contributed by atoms with E-state index >= 15 is 0 Å². The van der Waals surface area contributed by atoms with E-state index in [1.807, 2.05) is 23.6 Å². The number of thioether (sulfide) groups is 1. The van der Waals surface area contributed by atoms with E-state index in [4.69, 9.17) is 22.1 Å². The molecule has 2 aromatic heterocycles. The van der Waals surface area contributed by atoms with Crippen molar-refractivity contribution in [2.45, 2.75) is 31.2 Å². The lowest BCUT2D eigenvalue weighted by molar-refractivity contribution is -0.116. The number of hydrogen-bond donors (Lipinski definition) is 2. The number of carbonyl (C=O) groups is 1. The molecule has 1 aliphatic heterocycles. The number of aromatic nitrogens is 4. The average molecular weight is 499 g/mol. The van der Waals surface area contributed by atoms with Gasteiger partial charge in [0.1, 0.15) is 0 Å². The third-order valence-corrected chi connectivity index (χ3v) is 7.03. The maximum atomic E-state index is 12.0. The highest BCUT2D eigenvalue weighted by atomic mass is 35.5. The fourth-order valence-corrected chi connectivity index (χ4v) is 5.40. The number of ether oxygens (including phenoxy) is 1. The summed E-state index contributed by atoms with van der Waals surface area (Å²) in [6, 6.07) is 7.96. The number of amides is 1. The molecule has 0 radical (unpaired) electrons. The molecule has 5 rings (SSSR count). The van der Waals surface area contributed by atoms with E-state index in [0.29, 0.717) is 52.9 Å². The van der Waals surface area contributed by atoms with Gasteiger partial charge < -0.3 is 15.8 Å². The summed E-state index contributed by atoms with van der Waals surface area (Å²) in [5, 5.41) is 8.34. The minimum atomic E-state index is -0.0686. The Bertz CT molecular complexity index is 1330. The summed E-state index contributed by atoms with van der Waals surface area (Å²) < 4.78 is 5.67. The maximum absolute atomic E-state index is 12.0. The van der Waals surface area contributed by atoms with Crippen molar-refractivity contribution in [2.24, 2.45) is 0 Å². The monoisotopic (exact) mass is 498 g/mol. The van der Waals surface area contributed by atoms with Crippen molar-refractivity contribution in [2.75, 3.05) is 16.8 Å². The number of halogens is 1. The van der Waals surface area contributed by atoms with E-state index in [1.165, 1.54) is 23.1 Å². The third kappa shape index (κ3) is 4.79. The maximum Gasteiger partial charge on any atom is 0.226 e. The van der Waals surface area contributed by atoms with Gasteiger partial charge in [0, 0.05) is 29.3 Å². The number of anilines is 2. The summed E-state index contributed by atoms with van der Waals surface area (Å²) in [6.07, 6.45) is 2.69. The molecule has 3 heterocycles. The zero-order chi connectivity index (χ0) is 22.8. The molecule has 0 saturated carbocycles. The first-order valence-corrected chi connectivity index (χ1v) is 12.5. The van der Waals surface area contributed by atoms with Crippen molar-refractivity contribution in [1.29, 1.82) is 0 Å². The second kappa shape index (κ2) is 9.60. The molecule has 0 atom stereocenters. The van der Waals surface area contributed by atoms with Crippen molar-refractivity contribution >= 4 is 62.5 Å². The number of thiazole rings is 1. The molecule has 1 aliphatic rings. The largest absolute Gasteiger partial charge is 0.372 e.